The fourth-order valence-corrected chi connectivity index (χ4v) is 9.23. The molecule has 0 heterocycles. The third-order valence-corrected chi connectivity index (χ3v) is 13.9. The number of nitrogens with zero attached hydrogens (tertiary/aromatic N) is 1. The first-order valence-corrected chi connectivity index (χ1v) is 29.8. The number of esters is 2. The van der Waals surface area contributed by atoms with Gasteiger partial charge in [-0.1, -0.05) is 264 Å². The molecule has 0 aliphatic heterocycles. The Labute approximate surface area is 404 Å². The van der Waals surface area contributed by atoms with Gasteiger partial charge >= 0.3 is 19.8 Å². The van der Waals surface area contributed by atoms with E-state index in [9.17, 15) is 19.0 Å². The van der Waals surface area contributed by atoms with Crippen molar-refractivity contribution in [2.75, 3.05) is 47.5 Å². The van der Waals surface area contributed by atoms with Crippen LogP contribution in [0.1, 0.15) is 290 Å². The average Bonchev–Trinajstić information content (AvgIpc) is 3.26. The fourth-order valence-electron chi connectivity index (χ4n) is 8.49. The molecule has 65 heavy (non-hydrogen) atoms. The number of unbranched alkanes of at least 4 members (excludes halogenated alkanes) is 39. The van der Waals surface area contributed by atoms with E-state index in [0.717, 1.165) is 38.5 Å². The lowest BCUT2D eigenvalue weighted by molar-refractivity contribution is -0.870. The smallest absolute Gasteiger partial charge is 0.462 e. The van der Waals surface area contributed by atoms with Crippen molar-refractivity contribution in [3.63, 3.8) is 0 Å². The van der Waals surface area contributed by atoms with Crippen molar-refractivity contribution < 1.29 is 42.1 Å². The summed E-state index contributed by atoms with van der Waals surface area (Å²) in [7, 11) is 1.50. The zero-order valence-electron chi connectivity index (χ0n) is 44.0. The van der Waals surface area contributed by atoms with Crippen LogP contribution >= 0.6 is 7.82 Å². The van der Waals surface area contributed by atoms with E-state index in [-0.39, 0.29) is 25.6 Å². The predicted octanol–water partition coefficient (Wildman–Crippen LogP) is 17.1. The van der Waals surface area contributed by atoms with Crippen LogP contribution in [-0.4, -0.2) is 74.9 Å². The number of ether oxygens (including phenoxy) is 2. The summed E-state index contributed by atoms with van der Waals surface area (Å²) in [6.07, 6.45) is 53.1. The van der Waals surface area contributed by atoms with Crippen molar-refractivity contribution in [3.05, 3.63) is 0 Å². The van der Waals surface area contributed by atoms with Gasteiger partial charge in [-0.3, -0.25) is 18.6 Å². The lowest BCUT2D eigenvalue weighted by atomic mass is 10.0. The van der Waals surface area contributed by atoms with Crippen molar-refractivity contribution in [2.45, 2.75) is 296 Å². The van der Waals surface area contributed by atoms with E-state index < -0.39 is 26.5 Å². The standard InChI is InChI=1S/C55H110NO8P/c1-6-8-10-12-14-16-18-20-22-24-26-27-28-29-30-32-34-36-38-40-42-44-46-48-55(58)64-53(52-63-65(59,60)62-50-49-56(3,4)5)51-61-54(57)47-45-43-41-39-37-35-33-31-25-23-21-19-17-15-13-11-9-7-2/h53H,6-52H2,1-5H3/p+1/t53-/m1/s1. The van der Waals surface area contributed by atoms with E-state index in [1.807, 2.05) is 21.1 Å². The molecule has 0 amide bonds. The summed E-state index contributed by atoms with van der Waals surface area (Å²) in [6, 6.07) is 0. The molecule has 1 unspecified atom stereocenters. The summed E-state index contributed by atoms with van der Waals surface area (Å²) in [5.41, 5.74) is 0. The molecule has 0 rings (SSSR count). The monoisotopic (exact) mass is 945 g/mol. The minimum Gasteiger partial charge on any atom is -0.462 e. The highest BCUT2D eigenvalue weighted by molar-refractivity contribution is 7.47. The Hall–Kier alpha value is -0.990. The Kier molecular flexibility index (Phi) is 47.3. The molecule has 1 N–H and O–H groups in total. The van der Waals surface area contributed by atoms with Crippen LogP contribution in [0.5, 0.6) is 0 Å². The second-order valence-corrected chi connectivity index (χ2v) is 22.1. The summed E-state index contributed by atoms with van der Waals surface area (Å²) in [5, 5.41) is 0. The van der Waals surface area contributed by atoms with Gasteiger partial charge in [0.15, 0.2) is 6.10 Å². The Bertz CT molecular complexity index is 1070. The van der Waals surface area contributed by atoms with E-state index >= 15 is 0 Å². The second kappa shape index (κ2) is 48.1. The Morgan fingerprint density at radius 3 is 0.985 bits per heavy atom. The quantitative estimate of drug-likeness (QED) is 0.0278. The molecule has 0 radical (unpaired) electrons. The van der Waals surface area contributed by atoms with Crippen LogP contribution < -0.4 is 0 Å². The highest BCUT2D eigenvalue weighted by Gasteiger charge is 2.27. The number of carbonyl (C=O) groups excluding carboxylic acids is 2. The van der Waals surface area contributed by atoms with Crippen LogP contribution in [0.15, 0.2) is 0 Å². The molecule has 9 nitrogen and oxygen atoms in total. The highest BCUT2D eigenvalue weighted by Crippen LogP contribution is 2.43. The van der Waals surface area contributed by atoms with Gasteiger partial charge in [-0.15, -0.1) is 0 Å². The van der Waals surface area contributed by atoms with E-state index in [1.165, 1.54) is 225 Å². The zero-order valence-corrected chi connectivity index (χ0v) is 44.9. The predicted molar refractivity (Wildman–Crippen MR) is 275 cm³/mol. The SMILES string of the molecule is CCCCCCCCCCCCCCCCCCCCCCCCCC(=O)O[C@H](COC(=O)CCCCCCCCCCCCCCCCCCCC)COP(=O)(O)OCC[N+](C)(C)C. The molecule has 10 heteroatoms. The van der Waals surface area contributed by atoms with Crippen molar-refractivity contribution >= 4 is 19.8 Å². The highest BCUT2D eigenvalue weighted by atomic mass is 31.2. The molecular weight excluding hydrogens is 834 g/mol. The molecule has 0 bridgehead atoms. The number of phosphoric ester groups is 1. The summed E-state index contributed by atoms with van der Waals surface area (Å²) in [5.74, 6) is -0.774. The van der Waals surface area contributed by atoms with Gasteiger partial charge in [-0.2, -0.15) is 0 Å². The van der Waals surface area contributed by atoms with Gasteiger partial charge in [0.05, 0.1) is 27.7 Å². The molecule has 0 aliphatic carbocycles. The number of rotatable bonds is 53. The van der Waals surface area contributed by atoms with Gasteiger partial charge in [0, 0.05) is 12.8 Å². The maximum Gasteiger partial charge on any atom is 0.472 e. The minimum atomic E-state index is -4.38. The summed E-state index contributed by atoms with van der Waals surface area (Å²) < 4.78 is 34.6. The summed E-state index contributed by atoms with van der Waals surface area (Å²) >= 11 is 0. The van der Waals surface area contributed by atoms with Gasteiger partial charge in [0.25, 0.3) is 0 Å². The zero-order chi connectivity index (χ0) is 47.8. The lowest BCUT2D eigenvalue weighted by Gasteiger charge is -2.24. The van der Waals surface area contributed by atoms with Crippen LogP contribution in [0.4, 0.5) is 0 Å². The largest absolute Gasteiger partial charge is 0.472 e. The normalized spacial score (nSPS) is 13.3. The lowest BCUT2D eigenvalue weighted by Crippen LogP contribution is -2.37. The molecule has 0 aliphatic rings. The maximum absolute atomic E-state index is 12.8. The Morgan fingerprint density at radius 2 is 0.692 bits per heavy atom. The van der Waals surface area contributed by atoms with Gasteiger partial charge < -0.3 is 18.9 Å². The number of phosphoric acid groups is 1. The summed E-state index contributed by atoms with van der Waals surface area (Å²) in [6.45, 7) is 4.50. The maximum atomic E-state index is 12.8. The van der Waals surface area contributed by atoms with E-state index in [1.54, 1.807) is 0 Å². The first-order chi connectivity index (χ1) is 31.5. The molecule has 0 spiro atoms. The van der Waals surface area contributed by atoms with Gasteiger partial charge in [0.1, 0.15) is 19.8 Å². The number of hydrogen-bond acceptors (Lipinski definition) is 7. The average molecular weight is 945 g/mol. The molecule has 388 valence electrons. The van der Waals surface area contributed by atoms with Crippen molar-refractivity contribution in [3.8, 4) is 0 Å². The molecule has 2 atom stereocenters. The molecule has 0 saturated carbocycles. The molecular formula is C55H111NO8P+. The van der Waals surface area contributed by atoms with Crippen molar-refractivity contribution in [1.29, 1.82) is 0 Å². The molecule has 0 saturated heterocycles. The van der Waals surface area contributed by atoms with Crippen LogP contribution in [0, 0.1) is 0 Å². The Morgan fingerprint density at radius 1 is 0.415 bits per heavy atom. The van der Waals surface area contributed by atoms with E-state index in [2.05, 4.69) is 13.8 Å². The second-order valence-electron chi connectivity index (χ2n) is 20.7. The van der Waals surface area contributed by atoms with Crippen LogP contribution in [0.3, 0.4) is 0 Å². The first-order valence-electron chi connectivity index (χ1n) is 28.3. The van der Waals surface area contributed by atoms with E-state index in [4.69, 9.17) is 18.5 Å². The van der Waals surface area contributed by atoms with Crippen molar-refractivity contribution in [2.24, 2.45) is 0 Å². The molecule has 0 aromatic carbocycles. The summed E-state index contributed by atoms with van der Waals surface area (Å²) in [4.78, 5) is 35.6. The fraction of sp³-hybridized carbons (Fsp3) is 0.964. The van der Waals surface area contributed by atoms with Crippen LogP contribution in [0.25, 0.3) is 0 Å². The number of hydrogen-bond donors (Lipinski definition) is 1. The first kappa shape index (κ1) is 64.0. The van der Waals surface area contributed by atoms with Crippen LogP contribution in [-0.2, 0) is 32.7 Å². The molecule has 0 fully saturated rings. The number of carbonyl (C=O) groups is 2. The third kappa shape index (κ3) is 52.2. The number of quaternary nitrogens is 1. The number of likely N-dealkylation sites (N-methyl/N-ethyl adjacent to an activating group) is 1. The van der Waals surface area contributed by atoms with E-state index in [0.29, 0.717) is 17.4 Å². The van der Waals surface area contributed by atoms with Crippen LogP contribution in [0.2, 0.25) is 0 Å². The van der Waals surface area contributed by atoms with Gasteiger partial charge in [-0.05, 0) is 12.8 Å². The van der Waals surface area contributed by atoms with Crippen molar-refractivity contribution in [1.82, 2.24) is 0 Å². The minimum absolute atomic E-state index is 0.0374. The van der Waals surface area contributed by atoms with Gasteiger partial charge in [-0.25, -0.2) is 4.57 Å². The molecule has 0 aromatic heterocycles. The third-order valence-electron chi connectivity index (χ3n) is 12.9. The molecule has 0 aromatic rings. The Balaban J connectivity index is 4.12. The van der Waals surface area contributed by atoms with Gasteiger partial charge in [0.2, 0.25) is 0 Å². The topological polar surface area (TPSA) is 108 Å².